The molecule has 0 aliphatic heterocycles. The van der Waals surface area contributed by atoms with Gasteiger partial charge in [-0.3, -0.25) is 9.59 Å². The molecular formula is C23H28O9. The Morgan fingerprint density at radius 1 is 0.781 bits per heavy atom. The summed E-state index contributed by atoms with van der Waals surface area (Å²) in [5.74, 6) is -1.95. The van der Waals surface area contributed by atoms with Crippen molar-refractivity contribution in [1.29, 1.82) is 0 Å². The number of rotatable bonds is 6. The Balaban J connectivity index is 1.43. The molecular weight excluding hydrogens is 420 g/mol. The van der Waals surface area contributed by atoms with Crippen LogP contribution in [-0.2, 0) is 23.8 Å². The Kier molecular flexibility index (Phi) is 8.08. The molecule has 1 N–H and O–H groups in total. The van der Waals surface area contributed by atoms with E-state index in [4.69, 9.17) is 19.3 Å². The van der Waals surface area contributed by atoms with Crippen LogP contribution in [0.2, 0.25) is 0 Å². The van der Waals surface area contributed by atoms with Gasteiger partial charge in [-0.1, -0.05) is 0 Å². The van der Waals surface area contributed by atoms with E-state index in [-0.39, 0.29) is 30.0 Å². The second-order valence-electron chi connectivity index (χ2n) is 8.21. The first-order chi connectivity index (χ1) is 15.4. The third kappa shape index (κ3) is 6.45. The van der Waals surface area contributed by atoms with Gasteiger partial charge in [0.25, 0.3) is 0 Å². The zero-order valence-electron chi connectivity index (χ0n) is 18.0. The van der Waals surface area contributed by atoms with Crippen molar-refractivity contribution in [2.24, 2.45) is 11.8 Å². The van der Waals surface area contributed by atoms with Gasteiger partial charge in [0, 0.05) is 0 Å². The number of ether oxygens (including phenoxy) is 4. The fraction of sp³-hybridized carbons (Fsp3) is 0.565. The second kappa shape index (κ2) is 11.0. The van der Waals surface area contributed by atoms with Crippen LogP contribution in [0, 0.1) is 11.8 Å². The van der Waals surface area contributed by atoms with E-state index in [9.17, 15) is 19.2 Å². The largest absolute Gasteiger partial charge is 0.508 e. The fourth-order valence-corrected chi connectivity index (χ4v) is 4.11. The van der Waals surface area contributed by atoms with E-state index in [0.717, 1.165) is 0 Å². The molecule has 0 spiro atoms. The Hall–Kier alpha value is -3.10. The molecule has 2 saturated carbocycles. The number of carboxylic acids is 1. The maximum Gasteiger partial charge on any atom is 0.508 e. The molecule has 1 aromatic rings. The average molecular weight is 448 g/mol. The molecule has 32 heavy (non-hydrogen) atoms. The zero-order chi connectivity index (χ0) is 23.1. The summed E-state index contributed by atoms with van der Waals surface area (Å²) in [6.45, 7) is 0. The summed E-state index contributed by atoms with van der Waals surface area (Å²) in [5.41, 5.74) is 0.339. The van der Waals surface area contributed by atoms with Crippen LogP contribution in [0.25, 0.3) is 0 Å². The Morgan fingerprint density at radius 3 is 1.84 bits per heavy atom. The van der Waals surface area contributed by atoms with Crippen LogP contribution >= 0.6 is 0 Å². The number of hydrogen-bond donors (Lipinski definition) is 1. The smallest absolute Gasteiger partial charge is 0.481 e. The number of benzene rings is 1. The summed E-state index contributed by atoms with van der Waals surface area (Å²) in [4.78, 5) is 47.0. The number of methoxy groups -OCH3 is 1. The molecule has 2 fully saturated rings. The molecule has 3 rings (SSSR count). The molecule has 0 saturated heterocycles. The first-order valence-electron chi connectivity index (χ1n) is 10.9. The molecule has 0 unspecified atom stereocenters. The van der Waals surface area contributed by atoms with Gasteiger partial charge in [0.2, 0.25) is 0 Å². The highest BCUT2D eigenvalue weighted by Crippen LogP contribution is 2.29. The van der Waals surface area contributed by atoms with E-state index in [0.29, 0.717) is 62.7 Å². The van der Waals surface area contributed by atoms with Crippen LogP contribution in [0.5, 0.6) is 5.75 Å². The summed E-state index contributed by atoms with van der Waals surface area (Å²) in [5, 5.41) is 9.04. The molecule has 0 atom stereocenters. The third-order valence-corrected chi connectivity index (χ3v) is 6.04. The normalized spacial score (nSPS) is 25.3. The summed E-state index contributed by atoms with van der Waals surface area (Å²) < 4.78 is 20.5. The lowest BCUT2D eigenvalue weighted by molar-refractivity contribution is -0.143. The third-order valence-electron chi connectivity index (χ3n) is 6.04. The van der Waals surface area contributed by atoms with Gasteiger partial charge in [0.05, 0.1) is 24.5 Å². The molecule has 2 aliphatic carbocycles. The standard InChI is InChI=1S/C23H28O9/c1-29-23(28)32-19-12-6-16(7-13-19)22(27)31-18-10-4-15(5-11-18)21(26)30-17-8-2-14(3-9-17)20(24)25/h4-5,10-11,14,16-17,19H,2-3,6-9,12-13H2,1H3,(H,24,25). The Morgan fingerprint density at radius 2 is 1.31 bits per heavy atom. The lowest BCUT2D eigenvalue weighted by Gasteiger charge is -2.26. The van der Waals surface area contributed by atoms with Gasteiger partial charge in [0.15, 0.2) is 0 Å². The monoisotopic (exact) mass is 448 g/mol. The Bertz CT molecular complexity index is 816. The molecule has 0 bridgehead atoms. The molecule has 9 nitrogen and oxygen atoms in total. The predicted octanol–water partition coefficient (Wildman–Crippen LogP) is 3.73. The number of carbonyl (C=O) groups excluding carboxylic acids is 3. The highest BCUT2D eigenvalue weighted by Gasteiger charge is 2.30. The number of aliphatic carboxylic acids is 1. The minimum Gasteiger partial charge on any atom is -0.481 e. The molecule has 174 valence electrons. The van der Waals surface area contributed by atoms with Crippen LogP contribution in [0.4, 0.5) is 4.79 Å². The molecule has 0 heterocycles. The molecule has 2 aliphatic rings. The van der Waals surface area contributed by atoms with Gasteiger partial charge < -0.3 is 24.1 Å². The highest BCUT2D eigenvalue weighted by molar-refractivity contribution is 5.89. The number of esters is 2. The van der Waals surface area contributed by atoms with E-state index in [1.807, 2.05) is 0 Å². The molecule has 0 amide bonds. The summed E-state index contributed by atoms with van der Waals surface area (Å²) in [7, 11) is 1.25. The van der Waals surface area contributed by atoms with Crippen molar-refractivity contribution in [3.63, 3.8) is 0 Å². The van der Waals surface area contributed by atoms with Crippen LogP contribution in [0.15, 0.2) is 24.3 Å². The summed E-state index contributed by atoms with van der Waals surface area (Å²) in [6, 6.07) is 6.16. The first kappa shape index (κ1) is 23.6. The number of carbonyl (C=O) groups is 4. The van der Waals surface area contributed by atoms with Crippen LogP contribution in [0.3, 0.4) is 0 Å². The van der Waals surface area contributed by atoms with Crippen LogP contribution in [0.1, 0.15) is 61.7 Å². The van der Waals surface area contributed by atoms with Crippen molar-refractivity contribution in [3.8, 4) is 5.75 Å². The van der Waals surface area contributed by atoms with Crippen molar-refractivity contribution in [3.05, 3.63) is 29.8 Å². The van der Waals surface area contributed by atoms with E-state index in [1.54, 1.807) is 12.1 Å². The van der Waals surface area contributed by atoms with E-state index in [2.05, 4.69) is 4.74 Å². The minimum atomic E-state index is -0.803. The average Bonchev–Trinajstić information content (AvgIpc) is 2.80. The minimum absolute atomic E-state index is 0.254. The Labute approximate surface area is 186 Å². The second-order valence-corrected chi connectivity index (χ2v) is 8.21. The van der Waals surface area contributed by atoms with E-state index < -0.39 is 18.1 Å². The van der Waals surface area contributed by atoms with E-state index >= 15 is 0 Å². The lowest BCUT2D eigenvalue weighted by atomic mass is 9.87. The van der Waals surface area contributed by atoms with Crippen molar-refractivity contribution in [2.75, 3.05) is 7.11 Å². The maximum absolute atomic E-state index is 12.4. The van der Waals surface area contributed by atoms with Crippen molar-refractivity contribution in [2.45, 2.75) is 63.6 Å². The first-order valence-corrected chi connectivity index (χ1v) is 10.9. The summed E-state index contributed by atoms with van der Waals surface area (Å²) in [6.07, 6.45) is 3.04. The number of carboxylic acid groups (broad SMARTS) is 1. The topological polar surface area (TPSA) is 125 Å². The van der Waals surface area contributed by atoms with Gasteiger partial charge in [-0.05, 0) is 75.6 Å². The van der Waals surface area contributed by atoms with Gasteiger partial charge in [-0.2, -0.15) is 0 Å². The molecule has 1 aromatic carbocycles. The summed E-state index contributed by atoms with van der Waals surface area (Å²) >= 11 is 0. The lowest BCUT2D eigenvalue weighted by Crippen LogP contribution is -2.30. The van der Waals surface area contributed by atoms with Gasteiger partial charge in [0.1, 0.15) is 18.0 Å². The zero-order valence-corrected chi connectivity index (χ0v) is 18.0. The molecule has 9 heteroatoms. The van der Waals surface area contributed by atoms with Crippen LogP contribution < -0.4 is 4.74 Å². The fourth-order valence-electron chi connectivity index (χ4n) is 4.11. The van der Waals surface area contributed by atoms with Crippen molar-refractivity contribution in [1.82, 2.24) is 0 Å². The SMILES string of the molecule is COC(=O)OC1CCC(C(=O)Oc2ccc(C(=O)OC3CCC(C(=O)O)CC3)cc2)CC1. The molecule has 0 aromatic heterocycles. The highest BCUT2D eigenvalue weighted by atomic mass is 16.7. The number of hydrogen-bond acceptors (Lipinski definition) is 8. The van der Waals surface area contributed by atoms with Gasteiger partial charge in [-0.25, -0.2) is 9.59 Å². The van der Waals surface area contributed by atoms with E-state index in [1.165, 1.54) is 19.2 Å². The van der Waals surface area contributed by atoms with Crippen LogP contribution in [-0.4, -0.2) is 48.5 Å². The van der Waals surface area contributed by atoms with Gasteiger partial charge in [-0.15, -0.1) is 0 Å². The predicted molar refractivity (Wildman–Crippen MR) is 110 cm³/mol. The quantitative estimate of drug-likeness (QED) is 0.512. The van der Waals surface area contributed by atoms with Crippen molar-refractivity contribution < 1.29 is 43.2 Å². The molecule has 0 radical (unpaired) electrons. The van der Waals surface area contributed by atoms with Gasteiger partial charge >= 0.3 is 24.1 Å². The maximum atomic E-state index is 12.4. The van der Waals surface area contributed by atoms with Crippen molar-refractivity contribution >= 4 is 24.1 Å².